The normalized spacial score (nSPS) is 18.7. The third-order valence-electron chi connectivity index (χ3n) is 3.31. The molecule has 0 heterocycles. The second-order valence-electron chi connectivity index (χ2n) is 4.39. The third kappa shape index (κ3) is 2.67. The fourth-order valence-corrected chi connectivity index (χ4v) is 2.38. The highest BCUT2D eigenvalue weighted by Gasteiger charge is 2.30. The number of hydrogen-bond acceptors (Lipinski definition) is 4. The molecule has 0 saturated heterocycles. The van der Waals surface area contributed by atoms with E-state index in [0.717, 1.165) is 11.3 Å². The largest absolute Gasteiger partial charge is 0.496 e. The highest BCUT2D eigenvalue weighted by molar-refractivity contribution is 6.02. The zero-order chi connectivity index (χ0) is 13.8. The number of ketones is 1. The van der Waals surface area contributed by atoms with Gasteiger partial charge in [-0.15, -0.1) is 0 Å². The molecule has 1 aromatic rings. The van der Waals surface area contributed by atoms with E-state index in [-0.39, 0.29) is 11.7 Å². The second kappa shape index (κ2) is 5.69. The number of carbonyl (C=O) groups is 2. The summed E-state index contributed by atoms with van der Waals surface area (Å²) in [5, 5.41) is 0. The van der Waals surface area contributed by atoms with Gasteiger partial charge in [-0.25, -0.2) is 4.79 Å². The molecule has 100 valence electrons. The second-order valence-corrected chi connectivity index (χ2v) is 4.39. The van der Waals surface area contributed by atoms with E-state index in [1.807, 2.05) is 24.3 Å². The van der Waals surface area contributed by atoms with Gasteiger partial charge < -0.3 is 9.47 Å². The van der Waals surface area contributed by atoms with Gasteiger partial charge in [0.25, 0.3) is 0 Å². The highest BCUT2D eigenvalue weighted by Crippen LogP contribution is 2.38. The number of esters is 1. The van der Waals surface area contributed by atoms with Crippen molar-refractivity contribution in [3.8, 4) is 5.75 Å². The standard InChI is InChI=1S/C15H16O4/c1-18-14-6-4-3-5-12(14)11-8-7-10(16)9-13(11)15(17)19-2/h3-6,9,11H,7-8H2,1-2H3. The van der Waals surface area contributed by atoms with Gasteiger partial charge in [0.05, 0.1) is 14.2 Å². The first-order valence-electron chi connectivity index (χ1n) is 6.13. The van der Waals surface area contributed by atoms with E-state index in [9.17, 15) is 9.59 Å². The number of rotatable bonds is 3. The summed E-state index contributed by atoms with van der Waals surface area (Å²) in [5.41, 5.74) is 1.32. The van der Waals surface area contributed by atoms with Gasteiger partial charge >= 0.3 is 5.97 Å². The first-order chi connectivity index (χ1) is 9.17. The van der Waals surface area contributed by atoms with Gasteiger partial charge in [0.1, 0.15) is 5.75 Å². The Kier molecular flexibility index (Phi) is 4.00. The number of carbonyl (C=O) groups excluding carboxylic acids is 2. The van der Waals surface area contributed by atoms with E-state index in [2.05, 4.69) is 0 Å². The molecule has 4 heteroatoms. The van der Waals surface area contributed by atoms with E-state index in [1.165, 1.54) is 13.2 Å². The number of allylic oxidation sites excluding steroid dienone is 1. The van der Waals surface area contributed by atoms with Gasteiger partial charge in [0.2, 0.25) is 0 Å². The molecule has 0 amide bonds. The maximum atomic E-state index is 11.8. The minimum Gasteiger partial charge on any atom is -0.496 e. The molecule has 0 bridgehead atoms. The number of methoxy groups -OCH3 is 2. The van der Waals surface area contributed by atoms with Gasteiger partial charge in [-0.3, -0.25) is 4.79 Å². The number of ether oxygens (including phenoxy) is 2. The van der Waals surface area contributed by atoms with Crippen molar-refractivity contribution in [3.63, 3.8) is 0 Å². The van der Waals surface area contributed by atoms with E-state index >= 15 is 0 Å². The molecule has 0 saturated carbocycles. The van der Waals surface area contributed by atoms with Crippen molar-refractivity contribution in [2.75, 3.05) is 14.2 Å². The van der Waals surface area contributed by atoms with Crippen LogP contribution in [0.1, 0.15) is 24.3 Å². The molecule has 2 rings (SSSR count). The van der Waals surface area contributed by atoms with Crippen LogP contribution in [0.15, 0.2) is 35.9 Å². The van der Waals surface area contributed by atoms with Crippen LogP contribution in [0.25, 0.3) is 0 Å². The fourth-order valence-electron chi connectivity index (χ4n) is 2.38. The Labute approximate surface area is 112 Å². The molecule has 1 aliphatic rings. The Morgan fingerprint density at radius 1 is 1.26 bits per heavy atom. The third-order valence-corrected chi connectivity index (χ3v) is 3.31. The molecule has 0 fully saturated rings. The fraction of sp³-hybridized carbons (Fsp3) is 0.333. The Bertz CT molecular complexity index is 531. The van der Waals surface area contributed by atoms with Crippen molar-refractivity contribution in [2.45, 2.75) is 18.8 Å². The Morgan fingerprint density at radius 3 is 2.68 bits per heavy atom. The maximum absolute atomic E-state index is 11.8. The zero-order valence-corrected chi connectivity index (χ0v) is 11.0. The van der Waals surface area contributed by atoms with Gasteiger partial charge in [-0.05, 0) is 18.6 Å². The van der Waals surface area contributed by atoms with Gasteiger partial charge in [-0.1, -0.05) is 18.2 Å². The van der Waals surface area contributed by atoms with Gasteiger partial charge in [0.15, 0.2) is 5.78 Å². The van der Waals surface area contributed by atoms with Crippen molar-refractivity contribution < 1.29 is 19.1 Å². The Morgan fingerprint density at radius 2 is 2.00 bits per heavy atom. The van der Waals surface area contributed by atoms with Crippen LogP contribution in [0.2, 0.25) is 0 Å². The van der Waals surface area contributed by atoms with Crippen molar-refractivity contribution >= 4 is 11.8 Å². The van der Waals surface area contributed by atoms with Crippen molar-refractivity contribution in [1.82, 2.24) is 0 Å². The molecule has 0 radical (unpaired) electrons. The molecule has 1 aliphatic carbocycles. The lowest BCUT2D eigenvalue weighted by Crippen LogP contribution is -2.20. The van der Waals surface area contributed by atoms with Crippen molar-refractivity contribution in [2.24, 2.45) is 0 Å². The predicted molar refractivity (Wildman–Crippen MR) is 70.1 cm³/mol. The summed E-state index contributed by atoms with van der Waals surface area (Å²) in [4.78, 5) is 23.3. The average Bonchev–Trinajstić information content (AvgIpc) is 2.46. The summed E-state index contributed by atoms with van der Waals surface area (Å²) in [6, 6.07) is 7.53. The number of benzene rings is 1. The lowest BCUT2D eigenvalue weighted by molar-refractivity contribution is -0.137. The van der Waals surface area contributed by atoms with Crippen LogP contribution in [0, 0.1) is 0 Å². The van der Waals surface area contributed by atoms with E-state index in [0.29, 0.717) is 18.4 Å². The molecule has 0 spiro atoms. The lowest BCUT2D eigenvalue weighted by Gasteiger charge is -2.24. The van der Waals surface area contributed by atoms with Crippen LogP contribution in [-0.4, -0.2) is 26.0 Å². The summed E-state index contributed by atoms with van der Waals surface area (Å²) >= 11 is 0. The zero-order valence-electron chi connectivity index (χ0n) is 11.0. The van der Waals surface area contributed by atoms with E-state index in [4.69, 9.17) is 9.47 Å². The first-order valence-corrected chi connectivity index (χ1v) is 6.13. The predicted octanol–water partition coefficient (Wildman–Crippen LogP) is 2.24. The van der Waals surface area contributed by atoms with Crippen LogP contribution >= 0.6 is 0 Å². The first kappa shape index (κ1) is 13.3. The van der Waals surface area contributed by atoms with E-state index in [1.54, 1.807) is 7.11 Å². The Hall–Kier alpha value is -2.10. The SMILES string of the molecule is COC(=O)C1=CC(=O)CCC1c1ccccc1OC. The molecule has 1 aromatic carbocycles. The van der Waals surface area contributed by atoms with Crippen LogP contribution in [-0.2, 0) is 14.3 Å². The van der Waals surface area contributed by atoms with Crippen molar-refractivity contribution in [3.05, 3.63) is 41.5 Å². The molecular formula is C15H16O4. The topological polar surface area (TPSA) is 52.6 Å². The summed E-state index contributed by atoms with van der Waals surface area (Å²) < 4.78 is 10.1. The smallest absolute Gasteiger partial charge is 0.334 e. The van der Waals surface area contributed by atoms with Crippen LogP contribution in [0.4, 0.5) is 0 Å². The minimum absolute atomic E-state index is 0.0356. The molecule has 0 N–H and O–H groups in total. The molecule has 1 atom stereocenters. The molecule has 0 aliphatic heterocycles. The average molecular weight is 260 g/mol. The molecular weight excluding hydrogens is 244 g/mol. The van der Waals surface area contributed by atoms with Gasteiger partial charge in [0, 0.05) is 23.5 Å². The van der Waals surface area contributed by atoms with Gasteiger partial charge in [-0.2, -0.15) is 0 Å². The monoisotopic (exact) mass is 260 g/mol. The Balaban J connectivity index is 2.44. The van der Waals surface area contributed by atoms with Crippen LogP contribution in [0.5, 0.6) is 5.75 Å². The quantitative estimate of drug-likeness (QED) is 0.782. The maximum Gasteiger partial charge on any atom is 0.334 e. The van der Waals surface area contributed by atoms with E-state index < -0.39 is 5.97 Å². The lowest BCUT2D eigenvalue weighted by atomic mass is 9.81. The number of hydrogen-bond donors (Lipinski definition) is 0. The summed E-state index contributed by atoms with van der Waals surface area (Å²) in [6.07, 6.45) is 2.43. The highest BCUT2D eigenvalue weighted by atomic mass is 16.5. The molecule has 0 aromatic heterocycles. The van der Waals surface area contributed by atoms with Crippen LogP contribution in [0.3, 0.4) is 0 Å². The minimum atomic E-state index is -0.455. The number of para-hydroxylation sites is 1. The van der Waals surface area contributed by atoms with Crippen molar-refractivity contribution in [1.29, 1.82) is 0 Å². The summed E-state index contributed by atoms with van der Waals surface area (Å²) in [7, 11) is 2.91. The molecule has 1 unspecified atom stereocenters. The molecule has 4 nitrogen and oxygen atoms in total. The summed E-state index contributed by atoms with van der Waals surface area (Å²) in [5.74, 6) is 0.0773. The summed E-state index contributed by atoms with van der Waals surface area (Å²) in [6.45, 7) is 0. The van der Waals surface area contributed by atoms with Crippen LogP contribution < -0.4 is 4.74 Å². The molecule has 19 heavy (non-hydrogen) atoms.